The molecular weight excluding hydrogens is 473 g/mol. The Labute approximate surface area is 211 Å². The number of nitrogens with zero attached hydrogens (tertiary/aromatic N) is 9. The minimum Gasteiger partial charge on any atom is -0.332 e. The van der Waals surface area contributed by atoms with Crippen molar-refractivity contribution in [2.75, 3.05) is 0 Å². The van der Waals surface area contributed by atoms with Gasteiger partial charge in [0.15, 0.2) is 11.5 Å². The predicted octanol–water partition coefficient (Wildman–Crippen LogP) is 4.72. The van der Waals surface area contributed by atoms with Crippen LogP contribution in [0.4, 0.5) is 4.39 Å². The highest BCUT2D eigenvalue weighted by atomic mass is 19.1. The molecule has 0 bridgehead atoms. The molecule has 0 saturated carbocycles. The van der Waals surface area contributed by atoms with Gasteiger partial charge in [-0.15, -0.1) is 5.10 Å². The number of hydrogen-bond donors (Lipinski definition) is 0. The maximum atomic E-state index is 14.6. The van der Waals surface area contributed by atoms with Crippen molar-refractivity contribution in [3.05, 3.63) is 103 Å². The highest BCUT2D eigenvalue weighted by Crippen LogP contribution is 2.32. The Morgan fingerprint density at radius 1 is 1.08 bits per heavy atom. The first-order valence-electron chi connectivity index (χ1n) is 11.4. The topological polar surface area (TPSA) is 113 Å². The van der Waals surface area contributed by atoms with Crippen LogP contribution in [-0.4, -0.2) is 44.9 Å². The number of aromatic nitrogens is 9. The van der Waals surface area contributed by atoms with Gasteiger partial charge in [-0.2, -0.15) is 10.1 Å². The lowest BCUT2D eigenvalue weighted by Gasteiger charge is -2.08. The fourth-order valence-corrected chi connectivity index (χ4v) is 3.65. The van der Waals surface area contributed by atoms with Gasteiger partial charge in [-0.05, 0) is 49.3 Å². The molecular formula is C26H22FN9O. The Balaban J connectivity index is 1.51. The number of halogens is 1. The number of pyridine rings is 1. The van der Waals surface area contributed by atoms with Crippen molar-refractivity contribution in [1.82, 2.24) is 44.9 Å². The second-order valence-corrected chi connectivity index (χ2v) is 7.99. The minimum absolute atomic E-state index is 0.164. The summed E-state index contributed by atoms with van der Waals surface area (Å²) in [5.74, 6) is 0.124. The van der Waals surface area contributed by atoms with Crippen molar-refractivity contribution in [2.45, 2.75) is 20.4 Å². The van der Waals surface area contributed by atoms with E-state index in [1.807, 2.05) is 38.2 Å². The van der Waals surface area contributed by atoms with Crippen molar-refractivity contribution in [3.8, 4) is 28.5 Å². The molecule has 0 aliphatic carbocycles. The molecule has 0 N–H and O–H groups in total. The van der Waals surface area contributed by atoms with Crippen LogP contribution in [0.15, 0.2) is 95.8 Å². The van der Waals surface area contributed by atoms with E-state index in [0.717, 1.165) is 16.7 Å². The zero-order chi connectivity index (χ0) is 25.6. The molecule has 0 atom stereocenters. The summed E-state index contributed by atoms with van der Waals surface area (Å²) >= 11 is 0. The van der Waals surface area contributed by atoms with E-state index in [0.29, 0.717) is 23.8 Å². The molecule has 184 valence electrons. The summed E-state index contributed by atoms with van der Waals surface area (Å²) in [4.78, 5) is 12.6. The van der Waals surface area contributed by atoms with E-state index in [4.69, 9.17) is 4.52 Å². The Morgan fingerprint density at radius 3 is 2.68 bits per heavy atom. The Morgan fingerprint density at radius 2 is 1.92 bits per heavy atom. The van der Waals surface area contributed by atoms with E-state index in [2.05, 4.69) is 35.5 Å². The molecule has 5 rings (SSSR count). The fourth-order valence-electron chi connectivity index (χ4n) is 3.65. The summed E-state index contributed by atoms with van der Waals surface area (Å²) in [7, 11) is 0. The zero-order valence-electron chi connectivity index (χ0n) is 20.1. The normalized spacial score (nSPS) is 12.5. The number of allylic oxidation sites excluding steroid dienone is 6. The maximum Gasteiger partial charge on any atom is 0.281 e. The summed E-state index contributed by atoms with van der Waals surface area (Å²) in [6.45, 7) is 4.40. The van der Waals surface area contributed by atoms with Gasteiger partial charge in [0.1, 0.15) is 29.9 Å². The van der Waals surface area contributed by atoms with Crippen molar-refractivity contribution in [2.24, 2.45) is 0 Å². The first kappa shape index (κ1) is 23.7. The average Bonchev–Trinajstić information content (AvgIpc) is 3.69. The smallest absolute Gasteiger partial charge is 0.281 e. The predicted molar refractivity (Wildman–Crippen MR) is 134 cm³/mol. The average molecular weight is 496 g/mol. The third-order valence-electron chi connectivity index (χ3n) is 5.43. The van der Waals surface area contributed by atoms with Gasteiger partial charge >= 0.3 is 0 Å². The quantitative estimate of drug-likeness (QED) is 0.284. The SMILES string of the molecule is C\C=C/C(=C\C=C(/C)c1noc(-c2nnn(-c3ccccc3F)c2-c2ccncc2)n1)Cn1cncn1. The third-order valence-corrected chi connectivity index (χ3v) is 5.43. The van der Waals surface area contributed by atoms with Crippen LogP contribution < -0.4 is 0 Å². The van der Waals surface area contributed by atoms with Crippen molar-refractivity contribution < 1.29 is 8.91 Å². The molecule has 0 radical (unpaired) electrons. The molecule has 37 heavy (non-hydrogen) atoms. The summed E-state index contributed by atoms with van der Waals surface area (Å²) in [6.07, 6.45) is 14.2. The summed E-state index contributed by atoms with van der Waals surface area (Å²) < 4.78 is 23.4. The molecule has 1 aromatic carbocycles. The third kappa shape index (κ3) is 5.15. The molecule has 0 aliphatic heterocycles. The molecule has 0 aliphatic rings. The van der Waals surface area contributed by atoms with Crippen molar-refractivity contribution in [1.29, 1.82) is 0 Å². The van der Waals surface area contributed by atoms with Gasteiger partial charge in [0.05, 0.1) is 6.54 Å². The van der Waals surface area contributed by atoms with E-state index in [1.165, 1.54) is 17.1 Å². The van der Waals surface area contributed by atoms with Crippen LogP contribution in [0.5, 0.6) is 0 Å². The van der Waals surface area contributed by atoms with E-state index < -0.39 is 5.82 Å². The first-order valence-corrected chi connectivity index (χ1v) is 11.4. The maximum absolute atomic E-state index is 14.6. The number of hydrogen-bond acceptors (Lipinski definition) is 8. The van der Waals surface area contributed by atoms with Gasteiger partial charge in [0.25, 0.3) is 5.89 Å². The molecule has 5 aromatic rings. The van der Waals surface area contributed by atoms with Crippen molar-refractivity contribution in [3.63, 3.8) is 0 Å². The van der Waals surface area contributed by atoms with Gasteiger partial charge in [0.2, 0.25) is 0 Å². The Hall–Kier alpha value is -5.06. The van der Waals surface area contributed by atoms with Crippen LogP contribution in [0.25, 0.3) is 34.1 Å². The lowest BCUT2D eigenvalue weighted by Crippen LogP contribution is -2.02. The molecule has 0 unspecified atom stereocenters. The van der Waals surface area contributed by atoms with Gasteiger partial charge < -0.3 is 4.52 Å². The largest absolute Gasteiger partial charge is 0.332 e. The lowest BCUT2D eigenvalue weighted by atomic mass is 10.1. The van der Waals surface area contributed by atoms with Gasteiger partial charge in [-0.25, -0.2) is 18.7 Å². The second-order valence-electron chi connectivity index (χ2n) is 7.99. The highest BCUT2D eigenvalue weighted by molar-refractivity contribution is 5.76. The number of para-hydroxylation sites is 1. The summed E-state index contributed by atoms with van der Waals surface area (Å²) in [6, 6.07) is 9.90. The summed E-state index contributed by atoms with van der Waals surface area (Å²) in [5.41, 5.74) is 3.60. The Bertz CT molecular complexity index is 1580. The van der Waals surface area contributed by atoms with Gasteiger partial charge in [-0.1, -0.05) is 46.8 Å². The fraction of sp³-hybridized carbons (Fsp3) is 0.115. The van der Waals surface area contributed by atoms with Gasteiger partial charge in [0, 0.05) is 18.0 Å². The first-order chi connectivity index (χ1) is 18.1. The summed E-state index contributed by atoms with van der Waals surface area (Å²) in [5, 5.41) is 16.8. The van der Waals surface area contributed by atoms with Crippen molar-refractivity contribution >= 4 is 5.57 Å². The van der Waals surface area contributed by atoms with Crippen LogP contribution in [0.3, 0.4) is 0 Å². The molecule has 0 amide bonds. The highest BCUT2D eigenvalue weighted by Gasteiger charge is 2.24. The van der Waals surface area contributed by atoms with Crippen LogP contribution in [-0.2, 0) is 6.54 Å². The number of benzene rings is 1. The van der Waals surface area contributed by atoms with E-state index in [9.17, 15) is 4.39 Å². The monoisotopic (exact) mass is 495 g/mol. The van der Waals surface area contributed by atoms with Crippen LogP contribution in [0.2, 0.25) is 0 Å². The molecule has 0 fully saturated rings. The minimum atomic E-state index is -0.436. The molecule has 4 heterocycles. The van der Waals surface area contributed by atoms with Crippen LogP contribution in [0.1, 0.15) is 19.7 Å². The molecule has 0 spiro atoms. The van der Waals surface area contributed by atoms with E-state index in [-0.39, 0.29) is 11.6 Å². The molecule has 0 saturated heterocycles. The molecule has 11 heteroatoms. The molecule has 4 aromatic heterocycles. The number of rotatable bonds is 8. The van der Waals surface area contributed by atoms with Crippen LogP contribution >= 0.6 is 0 Å². The lowest BCUT2D eigenvalue weighted by molar-refractivity contribution is 0.427. The van der Waals surface area contributed by atoms with Gasteiger partial charge in [-0.3, -0.25) is 4.98 Å². The second kappa shape index (κ2) is 10.7. The molecule has 10 nitrogen and oxygen atoms in total. The zero-order valence-corrected chi connectivity index (χ0v) is 20.1. The van der Waals surface area contributed by atoms with E-state index in [1.54, 1.807) is 53.7 Å². The Kier molecular flexibility index (Phi) is 6.84. The standard InChI is InChI=1S/C26H22FN9O/c1-3-6-19(15-35-17-29-16-30-35)10-9-18(2)25-31-26(37-33-25)23-24(20-11-13-28-14-12-20)36(34-32-23)22-8-5-4-7-21(22)27/h3-14,16-17H,15H2,1-2H3/b6-3-,18-9+,19-10+. The van der Waals surface area contributed by atoms with E-state index >= 15 is 0 Å². The van der Waals surface area contributed by atoms with Crippen LogP contribution in [0, 0.1) is 5.82 Å².